The molecule has 2 aliphatic rings. The van der Waals surface area contributed by atoms with E-state index in [1.54, 1.807) is 11.1 Å². The molecule has 0 aromatic carbocycles. The van der Waals surface area contributed by atoms with E-state index in [0.717, 1.165) is 0 Å². The van der Waals surface area contributed by atoms with Gasteiger partial charge in [-0.1, -0.05) is 46.6 Å². The number of hydrogen-bond acceptors (Lipinski definition) is 0. The molecule has 0 aliphatic heterocycles. The summed E-state index contributed by atoms with van der Waals surface area (Å²) in [5.74, 6) is 0. The molecule has 0 amide bonds. The molecule has 0 nitrogen and oxygen atoms in total. The fourth-order valence-corrected chi connectivity index (χ4v) is 1.99. The zero-order valence-corrected chi connectivity index (χ0v) is 15.0. The SMILES string of the molecule is CC1=C(CC2=C(C)C=CC2)CC=C1.Cl.Cl.[Hf]. The van der Waals surface area contributed by atoms with E-state index < -0.39 is 0 Å². The summed E-state index contributed by atoms with van der Waals surface area (Å²) in [6.07, 6.45) is 12.6. The van der Waals surface area contributed by atoms with Crippen molar-refractivity contribution in [3.8, 4) is 0 Å². The second-order valence-corrected chi connectivity index (χ2v) is 3.96. The third-order valence-corrected chi connectivity index (χ3v) is 3.01. The van der Waals surface area contributed by atoms with Gasteiger partial charge in [0, 0.05) is 25.8 Å². The molecule has 0 fully saturated rings. The van der Waals surface area contributed by atoms with Crippen molar-refractivity contribution in [2.75, 3.05) is 0 Å². The predicted octanol–water partition coefficient (Wildman–Crippen LogP) is 4.77. The van der Waals surface area contributed by atoms with Crippen LogP contribution in [0.5, 0.6) is 0 Å². The molecular formula is C13H18Cl2Hf. The summed E-state index contributed by atoms with van der Waals surface area (Å²) in [7, 11) is 0. The van der Waals surface area contributed by atoms with Gasteiger partial charge in [0.2, 0.25) is 0 Å². The summed E-state index contributed by atoms with van der Waals surface area (Å²) in [6.45, 7) is 4.44. The van der Waals surface area contributed by atoms with Crippen LogP contribution in [0, 0.1) is 0 Å². The maximum Gasteiger partial charge on any atom is 0 e. The molecule has 0 radical (unpaired) electrons. The van der Waals surface area contributed by atoms with Gasteiger partial charge < -0.3 is 0 Å². The zero-order valence-electron chi connectivity index (χ0n) is 9.75. The molecule has 0 heterocycles. The molecular weight excluding hydrogens is 406 g/mol. The van der Waals surface area contributed by atoms with Crippen LogP contribution in [-0.2, 0) is 25.8 Å². The molecule has 0 N–H and O–H groups in total. The molecule has 3 heteroatoms. The van der Waals surface area contributed by atoms with Crippen LogP contribution < -0.4 is 0 Å². The van der Waals surface area contributed by atoms with Crippen molar-refractivity contribution in [1.29, 1.82) is 0 Å². The topological polar surface area (TPSA) is 0 Å². The van der Waals surface area contributed by atoms with Crippen molar-refractivity contribution in [1.82, 2.24) is 0 Å². The van der Waals surface area contributed by atoms with Gasteiger partial charge in [0.25, 0.3) is 0 Å². The molecule has 0 unspecified atom stereocenters. The Morgan fingerprint density at radius 1 is 0.875 bits per heavy atom. The van der Waals surface area contributed by atoms with Gasteiger partial charge in [-0.25, -0.2) is 0 Å². The van der Waals surface area contributed by atoms with E-state index in [1.165, 1.54) is 30.4 Å². The van der Waals surface area contributed by atoms with Gasteiger partial charge >= 0.3 is 0 Å². The van der Waals surface area contributed by atoms with Gasteiger partial charge in [0.1, 0.15) is 0 Å². The van der Waals surface area contributed by atoms with E-state index in [2.05, 4.69) is 38.2 Å². The van der Waals surface area contributed by atoms with Gasteiger partial charge in [-0.05, 0) is 33.1 Å². The normalized spacial score (nSPS) is 17.1. The van der Waals surface area contributed by atoms with E-state index in [0.29, 0.717) is 0 Å². The molecule has 2 rings (SSSR count). The van der Waals surface area contributed by atoms with Crippen molar-refractivity contribution in [3.05, 3.63) is 46.6 Å². The largest absolute Gasteiger partial charge is 0.147 e. The summed E-state index contributed by atoms with van der Waals surface area (Å²) in [5, 5.41) is 0. The van der Waals surface area contributed by atoms with Crippen molar-refractivity contribution in [2.24, 2.45) is 0 Å². The molecule has 0 aromatic rings. The number of hydrogen-bond donors (Lipinski definition) is 0. The molecule has 0 aromatic heterocycles. The number of allylic oxidation sites excluding steroid dienone is 8. The van der Waals surface area contributed by atoms with Crippen molar-refractivity contribution in [2.45, 2.75) is 33.1 Å². The first-order chi connectivity index (χ1) is 6.27. The molecule has 0 spiro atoms. The fourth-order valence-electron chi connectivity index (χ4n) is 1.99. The van der Waals surface area contributed by atoms with Crippen LogP contribution in [0.15, 0.2) is 46.6 Å². The Morgan fingerprint density at radius 2 is 1.25 bits per heavy atom. The Labute approximate surface area is 130 Å². The Balaban J connectivity index is 0. The van der Waals surface area contributed by atoms with E-state index in [9.17, 15) is 0 Å². The van der Waals surface area contributed by atoms with Crippen LogP contribution in [0.2, 0.25) is 0 Å². The van der Waals surface area contributed by atoms with Crippen molar-refractivity contribution >= 4 is 24.8 Å². The standard InChI is InChI=1S/C13H16.2ClH.Hf/c1-10-5-3-7-12(10)9-13-8-4-6-11(13)2;;;/h3-6H,7-9H2,1-2H3;2*1H;. The number of halogens is 2. The van der Waals surface area contributed by atoms with E-state index >= 15 is 0 Å². The molecule has 2 aliphatic carbocycles. The van der Waals surface area contributed by atoms with Crippen LogP contribution in [-0.4, -0.2) is 0 Å². The fraction of sp³-hybridized carbons (Fsp3) is 0.385. The smallest absolute Gasteiger partial charge is 0 e. The first-order valence-electron chi connectivity index (χ1n) is 4.97. The van der Waals surface area contributed by atoms with Crippen LogP contribution in [0.1, 0.15) is 33.1 Å². The average molecular weight is 424 g/mol. The summed E-state index contributed by atoms with van der Waals surface area (Å²) >= 11 is 0. The minimum absolute atomic E-state index is 0. The first kappa shape index (κ1) is 18.8. The third kappa shape index (κ3) is 4.35. The minimum atomic E-state index is 0. The van der Waals surface area contributed by atoms with E-state index in [1.807, 2.05) is 0 Å². The number of rotatable bonds is 2. The molecule has 88 valence electrons. The van der Waals surface area contributed by atoms with Gasteiger partial charge in [-0.2, -0.15) is 0 Å². The summed E-state index contributed by atoms with van der Waals surface area (Å²) < 4.78 is 0. The minimum Gasteiger partial charge on any atom is -0.147 e. The van der Waals surface area contributed by atoms with Crippen molar-refractivity contribution in [3.63, 3.8) is 0 Å². The Hall–Kier alpha value is 0.410. The predicted molar refractivity (Wildman–Crippen MR) is 72.0 cm³/mol. The molecule has 0 saturated heterocycles. The van der Waals surface area contributed by atoms with Crippen LogP contribution >= 0.6 is 24.8 Å². The van der Waals surface area contributed by atoms with Crippen LogP contribution in [0.3, 0.4) is 0 Å². The monoisotopic (exact) mass is 424 g/mol. The molecule has 0 saturated carbocycles. The maximum absolute atomic E-state index is 2.27. The van der Waals surface area contributed by atoms with E-state index in [4.69, 9.17) is 0 Å². The Morgan fingerprint density at radius 3 is 1.50 bits per heavy atom. The van der Waals surface area contributed by atoms with Crippen LogP contribution in [0.4, 0.5) is 0 Å². The molecule has 16 heavy (non-hydrogen) atoms. The second kappa shape index (κ2) is 8.49. The first-order valence-corrected chi connectivity index (χ1v) is 4.97. The average Bonchev–Trinajstić information content (AvgIpc) is 2.65. The zero-order chi connectivity index (χ0) is 9.26. The second-order valence-electron chi connectivity index (χ2n) is 3.96. The maximum atomic E-state index is 2.27. The third-order valence-electron chi connectivity index (χ3n) is 3.01. The molecule has 0 bridgehead atoms. The Bertz CT molecular complexity index is 315. The van der Waals surface area contributed by atoms with Gasteiger partial charge in [0.05, 0.1) is 0 Å². The Kier molecular flexibility index (Phi) is 9.96. The van der Waals surface area contributed by atoms with Crippen molar-refractivity contribution < 1.29 is 25.8 Å². The van der Waals surface area contributed by atoms with Gasteiger partial charge in [-0.3, -0.25) is 0 Å². The summed E-state index contributed by atoms with van der Waals surface area (Å²) in [6, 6.07) is 0. The quantitative estimate of drug-likeness (QED) is 0.561. The summed E-state index contributed by atoms with van der Waals surface area (Å²) in [5.41, 5.74) is 6.18. The summed E-state index contributed by atoms with van der Waals surface area (Å²) in [4.78, 5) is 0. The van der Waals surface area contributed by atoms with E-state index in [-0.39, 0.29) is 50.7 Å². The van der Waals surface area contributed by atoms with Gasteiger partial charge in [0.15, 0.2) is 0 Å². The van der Waals surface area contributed by atoms with Gasteiger partial charge in [-0.15, -0.1) is 24.8 Å². The van der Waals surface area contributed by atoms with Crippen LogP contribution in [0.25, 0.3) is 0 Å². The molecule has 0 atom stereocenters.